The fourth-order valence-electron chi connectivity index (χ4n) is 4.99. The second kappa shape index (κ2) is 8.62. The van der Waals surface area contributed by atoms with Crippen molar-refractivity contribution in [1.82, 2.24) is 24.8 Å². The lowest BCUT2D eigenvalue weighted by molar-refractivity contribution is -0.131. The van der Waals surface area contributed by atoms with Gasteiger partial charge in [-0.15, -0.1) is 0 Å². The van der Waals surface area contributed by atoms with Crippen molar-refractivity contribution in [2.24, 2.45) is 0 Å². The molecule has 2 atom stereocenters. The third kappa shape index (κ3) is 3.85. The molecular weight excluding hydrogens is 435 g/mol. The second-order valence-electron chi connectivity index (χ2n) is 9.06. The number of carbonyl (C=O) groups is 1. The van der Waals surface area contributed by atoms with E-state index in [9.17, 15) is 9.18 Å². The summed E-state index contributed by atoms with van der Waals surface area (Å²) in [7, 11) is 1.37. The summed E-state index contributed by atoms with van der Waals surface area (Å²) in [6, 6.07) is 5.46. The van der Waals surface area contributed by atoms with Crippen LogP contribution in [0, 0.1) is 12.7 Å². The molecule has 1 saturated heterocycles. The molecule has 5 rings (SSSR count). The van der Waals surface area contributed by atoms with E-state index in [1.54, 1.807) is 31.5 Å². The van der Waals surface area contributed by atoms with Gasteiger partial charge in [-0.3, -0.25) is 4.79 Å². The number of anilines is 1. The van der Waals surface area contributed by atoms with Crippen molar-refractivity contribution in [2.45, 2.75) is 44.6 Å². The highest BCUT2D eigenvalue weighted by Gasteiger charge is 2.43. The minimum Gasteiger partial charge on any atom is -0.479 e. The van der Waals surface area contributed by atoms with Crippen LogP contribution < -0.4 is 10.1 Å². The van der Waals surface area contributed by atoms with E-state index in [1.165, 1.54) is 13.3 Å². The number of carbonyl (C=O) groups excluding carboxylic acids is 1. The Morgan fingerprint density at radius 3 is 2.79 bits per heavy atom. The molecule has 0 saturated carbocycles. The van der Waals surface area contributed by atoms with Crippen molar-refractivity contribution in [3.63, 3.8) is 0 Å². The number of rotatable bonds is 4. The zero-order chi connectivity index (χ0) is 23.9. The third-order valence-electron chi connectivity index (χ3n) is 6.94. The molecule has 0 aliphatic carbocycles. The topological polar surface area (TPSA) is 93.1 Å². The Hall–Kier alpha value is -3.62. The van der Waals surface area contributed by atoms with Gasteiger partial charge in [0.1, 0.15) is 5.82 Å². The molecule has 1 unspecified atom stereocenters. The highest BCUT2D eigenvalue weighted by atomic mass is 19.1. The van der Waals surface area contributed by atoms with Gasteiger partial charge in [-0.25, -0.2) is 24.3 Å². The fraction of sp³-hybridized carbons (Fsp3) is 0.400. The average Bonchev–Trinajstić information content (AvgIpc) is 3.26. The van der Waals surface area contributed by atoms with Crippen molar-refractivity contribution < 1.29 is 13.9 Å². The first kappa shape index (κ1) is 22.2. The van der Waals surface area contributed by atoms with Crippen LogP contribution in [0.1, 0.15) is 42.5 Å². The van der Waals surface area contributed by atoms with Gasteiger partial charge >= 0.3 is 0 Å². The number of hydrogen-bond acceptors (Lipinski definition) is 7. The number of likely N-dealkylation sites (tertiary alicyclic amines) is 1. The maximum atomic E-state index is 14.7. The Morgan fingerprint density at radius 2 is 2.03 bits per heavy atom. The van der Waals surface area contributed by atoms with Crippen LogP contribution in [0.5, 0.6) is 5.88 Å². The molecule has 0 aromatic carbocycles. The molecule has 3 aromatic rings. The largest absolute Gasteiger partial charge is 0.479 e. The summed E-state index contributed by atoms with van der Waals surface area (Å²) >= 11 is 0. The quantitative estimate of drug-likeness (QED) is 0.634. The van der Waals surface area contributed by atoms with Gasteiger partial charge in [0, 0.05) is 42.8 Å². The lowest BCUT2D eigenvalue weighted by atomic mass is 9.86. The molecule has 176 valence electrons. The monoisotopic (exact) mass is 462 g/mol. The molecule has 3 aromatic heterocycles. The molecule has 2 aliphatic heterocycles. The molecule has 1 N–H and O–H groups in total. The first-order chi connectivity index (χ1) is 16.4. The lowest BCUT2D eigenvalue weighted by Gasteiger charge is -2.36. The van der Waals surface area contributed by atoms with Crippen molar-refractivity contribution in [3.8, 4) is 17.3 Å². The minimum absolute atomic E-state index is 0.0951. The third-order valence-corrected chi connectivity index (χ3v) is 6.94. The Bertz CT molecular complexity index is 1240. The molecule has 9 heteroatoms. The van der Waals surface area contributed by atoms with Gasteiger partial charge in [0.05, 0.1) is 24.3 Å². The Kier molecular flexibility index (Phi) is 5.63. The maximum Gasteiger partial charge on any atom is 0.250 e. The van der Waals surface area contributed by atoms with Crippen molar-refractivity contribution in [2.75, 3.05) is 25.5 Å². The number of aromatic nitrogens is 4. The van der Waals surface area contributed by atoms with Gasteiger partial charge in [-0.1, -0.05) is 0 Å². The standard InChI is InChI=1S/C25H27FN6O2/c1-15(18-6-11-29-23(34-3)20(18)26)24(33)32-12-8-25(14-32)7-5-17-13-19(16(2)30-21(17)31-25)22-27-9-4-10-28-22/h4,6,9-11,13,15H,5,7-8,12,14H2,1-3H3,(H,30,31)/t15?,25-/m0/s1. The van der Waals surface area contributed by atoms with E-state index in [2.05, 4.69) is 26.3 Å². The number of amides is 1. The second-order valence-corrected chi connectivity index (χ2v) is 9.06. The number of halogens is 1. The van der Waals surface area contributed by atoms with Gasteiger partial charge in [0.15, 0.2) is 11.6 Å². The van der Waals surface area contributed by atoms with Gasteiger partial charge in [0.2, 0.25) is 11.8 Å². The molecule has 2 aliphatic rings. The summed E-state index contributed by atoms with van der Waals surface area (Å²) in [4.78, 5) is 32.5. The first-order valence-electron chi connectivity index (χ1n) is 11.4. The fourth-order valence-corrected chi connectivity index (χ4v) is 4.99. The zero-order valence-corrected chi connectivity index (χ0v) is 19.5. The molecule has 0 bridgehead atoms. The summed E-state index contributed by atoms with van der Waals surface area (Å²) in [5.41, 5.74) is 2.98. The van der Waals surface area contributed by atoms with Crippen molar-refractivity contribution >= 4 is 11.7 Å². The van der Waals surface area contributed by atoms with Crippen LogP contribution in [0.15, 0.2) is 36.8 Å². The summed E-state index contributed by atoms with van der Waals surface area (Å²) < 4.78 is 19.7. The molecule has 1 amide bonds. The lowest BCUT2D eigenvalue weighted by Crippen LogP contribution is -2.46. The predicted molar refractivity (Wildman–Crippen MR) is 125 cm³/mol. The van der Waals surface area contributed by atoms with Gasteiger partial charge in [0.25, 0.3) is 0 Å². The van der Waals surface area contributed by atoms with Crippen LogP contribution in [0.4, 0.5) is 10.2 Å². The van der Waals surface area contributed by atoms with Crippen LogP contribution in [-0.4, -0.2) is 56.5 Å². The van der Waals surface area contributed by atoms with Crippen LogP contribution >= 0.6 is 0 Å². The summed E-state index contributed by atoms with van der Waals surface area (Å²) in [6.45, 7) is 4.86. The highest BCUT2D eigenvalue weighted by molar-refractivity contribution is 5.84. The molecule has 1 spiro atoms. The number of methoxy groups -OCH3 is 1. The number of ether oxygens (including phenoxy) is 1. The van der Waals surface area contributed by atoms with Crippen LogP contribution in [0.25, 0.3) is 11.4 Å². The van der Waals surface area contributed by atoms with Gasteiger partial charge in [-0.05, 0) is 56.9 Å². The number of aryl methyl sites for hydroxylation is 2. The molecule has 0 radical (unpaired) electrons. The average molecular weight is 463 g/mol. The summed E-state index contributed by atoms with van der Waals surface area (Å²) in [6.07, 6.45) is 7.48. The minimum atomic E-state index is -0.628. The zero-order valence-electron chi connectivity index (χ0n) is 19.5. The maximum absolute atomic E-state index is 14.7. The van der Waals surface area contributed by atoms with Crippen LogP contribution in [0.2, 0.25) is 0 Å². The van der Waals surface area contributed by atoms with E-state index in [4.69, 9.17) is 9.72 Å². The van der Waals surface area contributed by atoms with Gasteiger partial charge in [-0.2, -0.15) is 0 Å². The Balaban J connectivity index is 1.33. The van der Waals surface area contributed by atoms with Gasteiger partial charge < -0.3 is 15.0 Å². The van der Waals surface area contributed by atoms with E-state index in [1.807, 2.05) is 11.8 Å². The van der Waals surface area contributed by atoms with Crippen molar-refractivity contribution in [1.29, 1.82) is 0 Å². The number of hydrogen-bond donors (Lipinski definition) is 1. The number of fused-ring (bicyclic) bond motifs is 1. The van der Waals surface area contributed by atoms with Crippen LogP contribution in [-0.2, 0) is 11.2 Å². The molecule has 34 heavy (non-hydrogen) atoms. The van der Waals surface area contributed by atoms with Crippen molar-refractivity contribution in [3.05, 3.63) is 59.4 Å². The molecule has 8 nitrogen and oxygen atoms in total. The van der Waals surface area contributed by atoms with E-state index < -0.39 is 11.7 Å². The molecule has 1 fully saturated rings. The van der Waals surface area contributed by atoms with E-state index >= 15 is 0 Å². The Labute approximate surface area is 197 Å². The van der Waals surface area contributed by atoms with E-state index in [0.717, 1.165) is 41.9 Å². The number of nitrogens with one attached hydrogen (secondary N) is 1. The SMILES string of the molecule is COc1nccc(C(C)C(=O)N2CC[C@@]3(CCc4cc(-c5ncccn5)c(C)nc4N3)C2)c1F. The molecule has 5 heterocycles. The van der Waals surface area contributed by atoms with E-state index in [-0.39, 0.29) is 17.3 Å². The normalized spacial score (nSPS) is 20.1. The Morgan fingerprint density at radius 1 is 1.24 bits per heavy atom. The number of pyridine rings is 2. The van der Waals surface area contributed by atoms with Crippen LogP contribution in [0.3, 0.4) is 0 Å². The summed E-state index contributed by atoms with van der Waals surface area (Å²) in [5, 5.41) is 3.64. The molecular formula is C25H27FN6O2. The summed E-state index contributed by atoms with van der Waals surface area (Å²) in [5.74, 6) is 0.122. The first-order valence-corrected chi connectivity index (χ1v) is 11.4. The highest BCUT2D eigenvalue weighted by Crippen LogP contribution is 2.39. The predicted octanol–water partition coefficient (Wildman–Crippen LogP) is 3.52. The van der Waals surface area contributed by atoms with E-state index in [0.29, 0.717) is 24.5 Å². The smallest absolute Gasteiger partial charge is 0.250 e. The number of nitrogens with zero attached hydrogens (tertiary/aromatic N) is 5.